The Labute approximate surface area is 176 Å². The van der Waals surface area contributed by atoms with Crippen molar-refractivity contribution in [2.24, 2.45) is 5.92 Å². The van der Waals surface area contributed by atoms with Crippen molar-refractivity contribution >= 4 is 23.6 Å². The highest BCUT2D eigenvalue weighted by atomic mass is 32.2. The number of rotatable bonds is 6. The van der Waals surface area contributed by atoms with Crippen LogP contribution in [0.15, 0.2) is 41.4 Å². The summed E-state index contributed by atoms with van der Waals surface area (Å²) in [6.07, 6.45) is 5.98. The summed E-state index contributed by atoms with van der Waals surface area (Å²) in [6.45, 7) is 3.89. The van der Waals surface area contributed by atoms with Gasteiger partial charge in [-0.15, -0.1) is 11.8 Å². The molecule has 4 rings (SSSR count). The lowest BCUT2D eigenvalue weighted by molar-refractivity contribution is -0.139. The molecule has 29 heavy (non-hydrogen) atoms. The lowest BCUT2D eigenvalue weighted by Gasteiger charge is -2.35. The van der Waals surface area contributed by atoms with Gasteiger partial charge >= 0.3 is 0 Å². The molecule has 152 valence electrons. The number of carbonyl (C=O) groups excluding carboxylic acids is 2. The maximum absolute atomic E-state index is 12.6. The van der Waals surface area contributed by atoms with Crippen molar-refractivity contribution in [2.45, 2.75) is 50.6 Å². The zero-order valence-corrected chi connectivity index (χ0v) is 17.6. The minimum atomic E-state index is 0.0217. The van der Waals surface area contributed by atoms with E-state index in [2.05, 4.69) is 10.3 Å². The largest absolute Gasteiger partial charge is 0.351 e. The molecule has 6 heteroatoms. The molecule has 0 bridgehead atoms. The van der Waals surface area contributed by atoms with Crippen molar-refractivity contribution in [3.8, 4) is 0 Å². The quantitative estimate of drug-likeness (QED) is 0.742. The summed E-state index contributed by atoms with van der Waals surface area (Å²) in [6, 6.07) is 9.95. The third-order valence-electron chi connectivity index (χ3n) is 5.94. The number of fused-ring (bicyclic) bond motifs is 1. The van der Waals surface area contributed by atoms with Crippen molar-refractivity contribution in [3.05, 3.63) is 58.9 Å². The number of benzene rings is 1. The van der Waals surface area contributed by atoms with Crippen molar-refractivity contribution < 1.29 is 9.59 Å². The van der Waals surface area contributed by atoms with Crippen LogP contribution >= 0.6 is 11.8 Å². The smallest absolute Gasteiger partial charge is 0.230 e. The predicted octanol–water partition coefficient (Wildman–Crippen LogP) is 3.48. The van der Waals surface area contributed by atoms with Gasteiger partial charge in [-0.05, 0) is 55.0 Å². The van der Waals surface area contributed by atoms with Gasteiger partial charge in [0.1, 0.15) is 0 Å². The molecule has 1 aliphatic heterocycles. The van der Waals surface area contributed by atoms with Crippen LogP contribution in [0.3, 0.4) is 0 Å². The van der Waals surface area contributed by atoms with E-state index in [9.17, 15) is 9.59 Å². The number of aromatic nitrogens is 1. The molecule has 2 aromatic rings. The zero-order valence-electron chi connectivity index (χ0n) is 16.8. The summed E-state index contributed by atoms with van der Waals surface area (Å²) in [7, 11) is 0. The molecule has 0 radical (unpaired) electrons. The van der Waals surface area contributed by atoms with Crippen LogP contribution in [0.25, 0.3) is 0 Å². The molecule has 1 aromatic carbocycles. The number of hydrogen-bond acceptors (Lipinski definition) is 4. The second-order valence-electron chi connectivity index (χ2n) is 7.84. The third kappa shape index (κ3) is 4.64. The molecular formula is C23H27N3O2S. The van der Waals surface area contributed by atoms with Gasteiger partial charge in [-0.2, -0.15) is 0 Å². The van der Waals surface area contributed by atoms with E-state index < -0.39 is 0 Å². The highest BCUT2D eigenvalue weighted by Crippen LogP contribution is 2.31. The van der Waals surface area contributed by atoms with E-state index in [0.29, 0.717) is 24.7 Å². The fourth-order valence-electron chi connectivity index (χ4n) is 3.96. The van der Waals surface area contributed by atoms with Crippen LogP contribution in [0.4, 0.5) is 0 Å². The minimum absolute atomic E-state index is 0.0217. The predicted molar refractivity (Wildman–Crippen MR) is 114 cm³/mol. The lowest BCUT2D eigenvalue weighted by atomic mass is 9.83. The maximum Gasteiger partial charge on any atom is 0.230 e. The standard InChI is InChI=1S/C23H27N3O2S/c1-16-21(13-25-22(27)15-29-19-8-3-2-4-9-19)20-10-11-26(14-18(20)12-24-16)23(28)17-6-5-7-17/h2-4,8-9,12,17H,5-7,10-11,13-15H2,1H3,(H,25,27). The molecular weight excluding hydrogens is 382 g/mol. The van der Waals surface area contributed by atoms with E-state index in [-0.39, 0.29) is 11.8 Å². The van der Waals surface area contributed by atoms with Gasteiger partial charge in [0.15, 0.2) is 0 Å². The van der Waals surface area contributed by atoms with Gasteiger partial charge in [-0.1, -0.05) is 24.6 Å². The first kappa shape index (κ1) is 20.0. The second-order valence-corrected chi connectivity index (χ2v) is 8.89. The second kappa shape index (κ2) is 8.99. The Morgan fingerprint density at radius 1 is 1.24 bits per heavy atom. The normalized spacial score (nSPS) is 16.1. The van der Waals surface area contributed by atoms with Gasteiger partial charge in [0.2, 0.25) is 11.8 Å². The number of nitrogens with one attached hydrogen (secondary N) is 1. The molecule has 1 aromatic heterocycles. The van der Waals surface area contributed by atoms with Crippen molar-refractivity contribution in [3.63, 3.8) is 0 Å². The molecule has 0 saturated heterocycles. The summed E-state index contributed by atoms with van der Waals surface area (Å²) in [4.78, 5) is 32.5. The Hall–Kier alpha value is -2.34. The highest BCUT2D eigenvalue weighted by molar-refractivity contribution is 8.00. The van der Waals surface area contributed by atoms with Gasteiger partial charge in [0.05, 0.1) is 5.75 Å². The average molecular weight is 410 g/mol. The van der Waals surface area contributed by atoms with Crippen LogP contribution in [0.2, 0.25) is 0 Å². The fraction of sp³-hybridized carbons (Fsp3) is 0.435. The minimum Gasteiger partial charge on any atom is -0.351 e. The fourth-order valence-corrected chi connectivity index (χ4v) is 4.71. The first-order chi connectivity index (χ1) is 14.1. The molecule has 1 fully saturated rings. The van der Waals surface area contributed by atoms with Gasteiger partial charge in [0.25, 0.3) is 0 Å². The molecule has 5 nitrogen and oxygen atoms in total. The van der Waals surface area contributed by atoms with Gasteiger partial charge in [0, 0.05) is 42.3 Å². The van der Waals surface area contributed by atoms with E-state index in [1.54, 1.807) is 0 Å². The number of pyridine rings is 1. The van der Waals surface area contributed by atoms with Crippen molar-refractivity contribution in [2.75, 3.05) is 12.3 Å². The van der Waals surface area contributed by atoms with E-state index in [0.717, 1.165) is 47.5 Å². The Morgan fingerprint density at radius 3 is 2.76 bits per heavy atom. The van der Waals surface area contributed by atoms with Crippen LogP contribution in [0.1, 0.15) is 41.6 Å². The molecule has 1 aliphatic carbocycles. The van der Waals surface area contributed by atoms with E-state index >= 15 is 0 Å². The molecule has 2 amide bonds. The number of nitrogens with zero attached hydrogens (tertiary/aromatic N) is 2. The van der Waals surface area contributed by atoms with Gasteiger partial charge in [-0.3, -0.25) is 14.6 Å². The van der Waals surface area contributed by atoms with Crippen LogP contribution < -0.4 is 5.32 Å². The number of carbonyl (C=O) groups is 2. The molecule has 1 saturated carbocycles. The Bertz CT molecular complexity index is 896. The summed E-state index contributed by atoms with van der Waals surface area (Å²) < 4.78 is 0. The Balaban J connectivity index is 1.37. The van der Waals surface area contributed by atoms with Crippen molar-refractivity contribution in [1.29, 1.82) is 0 Å². The first-order valence-corrected chi connectivity index (χ1v) is 11.3. The topological polar surface area (TPSA) is 62.3 Å². The maximum atomic E-state index is 12.6. The number of thioether (sulfide) groups is 1. The van der Waals surface area contributed by atoms with Crippen LogP contribution in [0.5, 0.6) is 0 Å². The monoisotopic (exact) mass is 409 g/mol. The molecule has 0 spiro atoms. The highest BCUT2D eigenvalue weighted by Gasteiger charge is 2.31. The summed E-state index contributed by atoms with van der Waals surface area (Å²) in [5, 5.41) is 3.05. The van der Waals surface area contributed by atoms with E-state index in [1.807, 2.05) is 48.4 Å². The van der Waals surface area contributed by atoms with E-state index in [4.69, 9.17) is 0 Å². The van der Waals surface area contributed by atoms with Gasteiger partial charge in [-0.25, -0.2) is 0 Å². The first-order valence-electron chi connectivity index (χ1n) is 10.3. The summed E-state index contributed by atoms with van der Waals surface area (Å²) in [5.74, 6) is 0.953. The summed E-state index contributed by atoms with van der Waals surface area (Å²) >= 11 is 1.54. The number of amides is 2. The molecule has 0 unspecified atom stereocenters. The van der Waals surface area contributed by atoms with Crippen molar-refractivity contribution in [1.82, 2.24) is 15.2 Å². The van der Waals surface area contributed by atoms with Crippen LogP contribution in [0, 0.1) is 12.8 Å². The van der Waals surface area contributed by atoms with Crippen LogP contribution in [-0.2, 0) is 29.1 Å². The summed E-state index contributed by atoms with van der Waals surface area (Å²) in [5.41, 5.74) is 4.44. The SMILES string of the molecule is Cc1ncc2c(c1CNC(=O)CSc1ccccc1)CCN(C(=O)C1CCC1)C2. The van der Waals surface area contributed by atoms with Crippen LogP contribution in [-0.4, -0.2) is 34.0 Å². The number of aryl methyl sites for hydroxylation is 1. The lowest BCUT2D eigenvalue weighted by Crippen LogP contribution is -2.42. The zero-order chi connectivity index (χ0) is 20.2. The molecule has 1 N–H and O–H groups in total. The molecule has 2 aliphatic rings. The average Bonchev–Trinajstić information content (AvgIpc) is 2.70. The van der Waals surface area contributed by atoms with Gasteiger partial charge < -0.3 is 10.2 Å². The Kier molecular flexibility index (Phi) is 6.19. The number of hydrogen-bond donors (Lipinski definition) is 1. The molecule has 2 heterocycles. The van der Waals surface area contributed by atoms with E-state index in [1.165, 1.54) is 23.7 Å². The molecule has 0 atom stereocenters. The Morgan fingerprint density at radius 2 is 2.03 bits per heavy atom. The third-order valence-corrected chi connectivity index (χ3v) is 6.95.